The molecule has 1 N–H and O–H groups in total. The highest BCUT2D eigenvalue weighted by Crippen LogP contribution is 2.28. The molecule has 1 fully saturated rings. The molecule has 30 heavy (non-hydrogen) atoms. The van der Waals surface area contributed by atoms with Crippen LogP contribution in [0.4, 0.5) is 5.82 Å². The van der Waals surface area contributed by atoms with Crippen LogP contribution in [0.3, 0.4) is 0 Å². The lowest BCUT2D eigenvalue weighted by atomic mass is 9.92. The first kappa shape index (κ1) is 22.1. The van der Waals surface area contributed by atoms with Crippen LogP contribution < -0.4 is 5.32 Å². The minimum Gasteiger partial charge on any atom is -0.336 e. The fourth-order valence-corrected chi connectivity index (χ4v) is 4.02. The second kappa shape index (κ2) is 8.62. The number of nitrogens with one attached hydrogen (secondary N) is 1. The Bertz CT molecular complexity index is 933. The average molecular weight is 411 g/mol. The molecule has 0 atom stereocenters. The minimum absolute atomic E-state index is 0.0399. The van der Waals surface area contributed by atoms with Gasteiger partial charge in [0.05, 0.1) is 17.9 Å². The van der Waals surface area contributed by atoms with Crippen LogP contribution in [0.25, 0.3) is 5.69 Å². The van der Waals surface area contributed by atoms with E-state index in [1.807, 2.05) is 25.1 Å². The van der Waals surface area contributed by atoms with Gasteiger partial charge in [0.15, 0.2) is 0 Å². The van der Waals surface area contributed by atoms with E-state index in [0.717, 1.165) is 42.6 Å². The Balaban J connectivity index is 1.82. The normalized spacial score (nSPS) is 14.7. The molecule has 6 heteroatoms. The SMILES string of the molecule is Cc1ccc(-n2nc(C(C)(C)C)cc2NC(=O)CN(C)C(=O)C2CCCC2)c(C)c1. The molecule has 1 heterocycles. The topological polar surface area (TPSA) is 67.2 Å². The maximum absolute atomic E-state index is 12.8. The number of carbonyl (C=O) groups is 2. The zero-order valence-corrected chi connectivity index (χ0v) is 19.1. The van der Waals surface area contributed by atoms with Gasteiger partial charge in [-0.3, -0.25) is 9.59 Å². The van der Waals surface area contributed by atoms with Crippen LogP contribution in [-0.4, -0.2) is 40.1 Å². The van der Waals surface area contributed by atoms with Crippen LogP contribution in [0, 0.1) is 19.8 Å². The summed E-state index contributed by atoms with van der Waals surface area (Å²) in [6.45, 7) is 10.4. The molecular weight excluding hydrogens is 376 g/mol. The van der Waals surface area contributed by atoms with Crippen LogP contribution in [0.2, 0.25) is 0 Å². The minimum atomic E-state index is -0.213. The number of carbonyl (C=O) groups excluding carboxylic acids is 2. The summed E-state index contributed by atoms with van der Waals surface area (Å²) >= 11 is 0. The van der Waals surface area contributed by atoms with E-state index < -0.39 is 0 Å². The second-order valence-corrected chi connectivity index (χ2v) is 9.59. The molecule has 1 aromatic carbocycles. The molecule has 0 saturated heterocycles. The fourth-order valence-electron chi connectivity index (χ4n) is 4.02. The van der Waals surface area contributed by atoms with Gasteiger partial charge in [0, 0.05) is 24.4 Å². The highest BCUT2D eigenvalue weighted by Gasteiger charge is 2.27. The smallest absolute Gasteiger partial charge is 0.245 e. The summed E-state index contributed by atoms with van der Waals surface area (Å²) in [5, 5.41) is 7.78. The zero-order chi connectivity index (χ0) is 22.1. The van der Waals surface area contributed by atoms with Gasteiger partial charge in [-0.25, -0.2) is 4.68 Å². The molecule has 2 amide bonds. The average Bonchev–Trinajstić information content (AvgIpc) is 3.31. The van der Waals surface area contributed by atoms with E-state index in [1.165, 1.54) is 5.56 Å². The van der Waals surface area contributed by atoms with Gasteiger partial charge in [-0.05, 0) is 38.3 Å². The van der Waals surface area contributed by atoms with Crippen molar-refractivity contribution in [1.82, 2.24) is 14.7 Å². The Morgan fingerprint density at radius 1 is 1.17 bits per heavy atom. The quantitative estimate of drug-likeness (QED) is 0.796. The molecule has 1 aliphatic carbocycles. The first-order valence-corrected chi connectivity index (χ1v) is 10.8. The van der Waals surface area contributed by atoms with Gasteiger partial charge in [-0.15, -0.1) is 0 Å². The highest BCUT2D eigenvalue weighted by atomic mass is 16.2. The van der Waals surface area contributed by atoms with Gasteiger partial charge in [-0.1, -0.05) is 51.3 Å². The van der Waals surface area contributed by atoms with E-state index in [0.29, 0.717) is 5.82 Å². The number of hydrogen-bond acceptors (Lipinski definition) is 3. The van der Waals surface area contributed by atoms with Gasteiger partial charge in [-0.2, -0.15) is 5.10 Å². The van der Waals surface area contributed by atoms with E-state index in [9.17, 15) is 9.59 Å². The van der Waals surface area contributed by atoms with Gasteiger partial charge in [0.1, 0.15) is 5.82 Å². The van der Waals surface area contributed by atoms with Gasteiger partial charge in [0.2, 0.25) is 11.8 Å². The third kappa shape index (κ3) is 4.91. The van der Waals surface area contributed by atoms with Crippen molar-refractivity contribution in [2.75, 3.05) is 18.9 Å². The summed E-state index contributed by atoms with van der Waals surface area (Å²) in [6, 6.07) is 8.10. The summed E-state index contributed by atoms with van der Waals surface area (Å²) in [5.74, 6) is 0.547. The third-order valence-electron chi connectivity index (χ3n) is 5.79. The Morgan fingerprint density at radius 3 is 2.43 bits per heavy atom. The Morgan fingerprint density at radius 2 is 1.83 bits per heavy atom. The van der Waals surface area contributed by atoms with Crippen molar-refractivity contribution in [2.24, 2.45) is 5.92 Å². The highest BCUT2D eigenvalue weighted by molar-refractivity contribution is 5.94. The lowest BCUT2D eigenvalue weighted by Gasteiger charge is -2.20. The van der Waals surface area contributed by atoms with Gasteiger partial charge in [0.25, 0.3) is 0 Å². The monoisotopic (exact) mass is 410 g/mol. The van der Waals surface area contributed by atoms with Crippen molar-refractivity contribution in [1.29, 1.82) is 0 Å². The van der Waals surface area contributed by atoms with E-state index >= 15 is 0 Å². The summed E-state index contributed by atoms with van der Waals surface area (Å²) in [4.78, 5) is 26.9. The van der Waals surface area contributed by atoms with Crippen LogP contribution in [0.1, 0.15) is 63.3 Å². The van der Waals surface area contributed by atoms with Crippen molar-refractivity contribution in [2.45, 2.75) is 65.7 Å². The Kier molecular flexibility index (Phi) is 6.34. The van der Waals surface area contributed by atoms with Crippen molar-refractivity contribution < 1.29 is 9.59 Å². The molecule has 1 saturated carbocycles. The predicted octanol–water partition coefficient (Wildman–Crippen LogP) is 4.37. The number of aromatic nitrogens is 2. The molecule has 0 unspecified atom stereocenters. The van der Waals surface area contributed by atoms with Crippen LogP contribution in [0.5, 0.6) is 0 Å². The van der Waals surface area contributed by atoms with Gasteiger partial charge >= 0.3 is 0 Å². The first-order valence-electron chi connectivity index (χ1n) is 10.8. The number of aryl methyl sites for hydroxylation is 2. The van der Waals surface area contributed by atoms with Crippen molar-refractivity contribution in [3.05, 3.63) is 41.1 Å². The molecular formula is C24H34N4O2. The van der Waals surface area contributed by atoms with E-state index in [2.05, 4.69) is 39.1 Å². The number of likely N-dealkylation sites (N-methyl/N-ethyl adjacent to an activating group) is 1. The lowest BCUT2D eigenvalue weighted by molar-refractivity contribution is -0.136. The van der Waals surface area contributed by atoms with Gasteiger partial charge < -0.3 is 10.2 Å². The molecule has 1 aromatic heterocycles. The molecule has 0 spiro atoms. The largest absolute Gasteiger partial charge is 0.336 e. The standard InChI is InChI=1S/C24H34N4O2/c1-16-11-12-19(17(2)13-16)28-21(14-20(26-28)24(3,4)5)25-22(29)15-27(6)23(30)18-9-7-8-10-18/h11-14,18H,7-10,15H2,1-6H3,(H,25,29). The fraction of sp³-hybridized carbons (Fsp3) is 0.542. The van der Waals surface area contributed by atoms with E-state index in [-0.39, 0.29) is 29.7 Å². The molecule has 1 aliphatic rings. The second-order valence-electron chi connectivity index (χ2n) is 9.59. The van der Waals surface area contributed by atoms with Crippen molar-refractivity contribution in [3.8, 4) is 5.69 Å². The van der Waals surface area contributed by atoms with E-state index in [4.69, 9.17) is 5.10 Å². The van der Waals surface area contributed by atoms with E-state index in [1.54, 1.807) is 16.6 Å². The maximum atomic E-state index is 12.8. The number of nitrogens with zero attached hydrogens (tertiary/aromatic N) is 3. The first-order chi connectivity index (χ1) is 14.1. The molecule has 2 aromatic rings. The number of hydrogen-bond donors (Lipinski definition) is 1. The summed E-state index contributed by atoms with van der Waals surface area (Å²) in [5.41, 5.74) is 3.94. The molecule has 6 nitrogen and oxygen atoms in total. The van der Waals surface area contributed by atoms with Crippen molar-refractivity contribution in [3.63, 3.8) is 0 Å². The number of anilines is 1. The molecule has 0 radical (unpaired) electrons. The molecule has 0 bridgehead atoms. The number of rotatable bonds is 5. The van der Waals surface area contributed by atoms with Crippen LogP contribution in [-0.2, 0) is 15.0 Å². The van der Waals surface area contributed by atoms with Crippen LogP contribution >= 0.6 is 0 Å². The Hall–Kier alpha value is -2.63. The van der Waals surface area contributed by atoms with Crippen LogP contribution in [0.15, 0.2) is 24.3 Å². The summed E-state index contributed by atoms with van der Waals surface area (Å²) in [6.07, 6.45) is 4.06. The number of amides is 2. The molecule has 3 rings (SSSR count). The Labute approximate surface area is 179 Å². The number of benzene rings is 1. The lowest BCUT2D eigenvalue weighted by Crippen LogP contribution is -2.38. The molecule has 162 valence electrons. The zero-order valence-electron chi connectivity index (χ0n) is 19.1. The van der Waals surface area contributed by atoms with Crippen molar-refractivity contribution >= 4 is 17.6 Å². The maximum Gasteiger partial charge on any atom is 0.245 e. The third-order valence-corrected chi connectivity index (χ3v) is 5.79. The molecule has 0 aliphatic heterocycles. The summed E-state index contributed by atoms with van der Waals surface area (Å²) in [7, 11) is 1.71. The predicted molar refractivity (Wildman–Crippen MR) is 120 cm³/mol. The summed E-state index contributed by atoms with van der Waals surface area (Å²) < 4.78 is 1.80.